The molecule has 30 heavy (non-hydrogen) atoms. The average molecular weight is 418 g/mol. The van der Waals surface area contributed by atoms with Gasteiger partial charge in [0.2, 0.25) is 0 Å². The number of hydrogen-bond donors (Lipinski definition) is 1. The van der Waals surface area contributed by atoms with Crippen LogP contribution in [0.25, 0.3) is 11.8 Å². The van der Waals surface area contributed by atoms with Gasteiger partial charge in [0.1, 0.15) is 11.3 Å². The maximum atomic E-state index is 13.1. The summed E-state index contributed by atoms with van der Waals surface area (Å²) >= 11 is 0. The molecule has 1 aromatic heterocycles. The number of ether oxygens (including phenoxy) is 1. The van der Waals surface area contributed by atoms with Crippen LogP contribution in [0, 0.1) is 13.8 Å². The third-order valence-electron chi connectivity index (χ3n) is 4.80. The SMILES string of the molecule is CCOC(=O)C1=C(O)/C(=C\c2cc(C)n(-c3cccc(C(F)(F)F)c3)c2C)N=C1C. The quantitative estimate of drug-likeness (QED) is 0.685. The van der Waals surface area contributed by atoms with Gasteiger partial charge in [-0.05, 0) is 63.6 Å². The van der Waals surface area contributed by atoms with Crippen LogP contribution in [-0.2, 0) is 15.7 Å². The van der Waals surface area contributed by atoms with Crippen molar-refractivity contribution in [2.45, 2.75) is 33.9 Å². The van der Waals surface area contributed by atoms with Gasteiger partial charge in [0, 0.05) is 17.1 Å². The van der Waals surface area contributed by atoms with E-state index in [2.05, 4.69) is 4.99 Å². The van der Waals surface area contributed by atoms with E-state index in [0.717, 1.165) is 12.1 Å². The number of esters is 1. The highest BCUT2D eigenvalue weighted by Gasteiger charge is 2.31. The number of halogens is 3. The number of aliphatic hydroxyl groups is 1. The van der Waals surface area contributed by atoms with E-state index in [4.69, 9.17) is 4.74 Å². The highest BCUT2D eigenvalue weighted by molar-refractivity contribution is 6.22. The van der Waals surface area contributed by atoms with Gasteiger partial charge in [0.05, 0.1) is 17.9 Å². The van der Waals surface area contributed by atoms with Crippen LogP contribution < -0.4 is 0 Å². The number of aliphatic imine (C=N–C) groups is 1. The summed E-state index contributed by atoms with van der Waals surface area (Å²) in [5.74, 6) is -0.941. The number of aromatic nitrogens is 1. The summed E-state index contributed by atoms with van der Waals surface area (Å²) in [6, 6.07) is 6.85. The van der Waals surface area contributed by atoms with Gasteiger partial charge in [-0.25, -0.2) is 9.79 Å². The Morgan fingerprint density at radius 1 is 1.23 bits per heavy atom. The summed E-state index contributed by atoms with van der Waals surface area (Å²) < 4.78 is 45.9. The van der Waals surface area contributed by atoms with E-state index >= 15 is 0 Å². The molecule has 0 radical (unpaired) electrons. The van der Waals surface area contributed by atoms with Crippen LogP contribution in [0.1, 0.15) is 36.4 Å². The second-order valence-electron chi connectivity index (χ2n) is 6.88. The zero-order chi connectivity index (χ0) is 22.2. The van der Waals surface area contributed by atoms with Gasteiger partial charge in [-0.3, -0.25) is 0 Å². The number of benzene rings is 1. The minimum absolute atomic E-state index is 0.00906. The minimum atomic E-state index is -4.44. The maximum Gasteiger partial charge on any atom is 0.416 e. The van der Waals surface area contributed by atoms with Crippen molar-refractivity contribution in [2.24, 2.45) is 4.99 Å². The van der Waals surface area contributed by atoms with Gasteiger partial charge in [-0.2, -0.15) is 13.2 Å². The topological polar surface area (TPSA) is 63.8 Å². The van der Waals surface area contributed by atoms with Gasteiger partial charge in [0.25, 0.3) is 0 Å². The molecule has 0 bridgehead atoms. The van der Waals surface area contributed by atoms with Crippen LogP contribution in [0.3, 0.4) is 0 Å². The number of nitrogens with zero attached hydrogens (tertiary/aromatic N) is 2. The predicted octanol–water partition coefficient (Wildman–Crippen LogP) is 5.30. The summed E-state index contributed by atoms with van der Waals surface area (Å²) in [6.45, 7) is 6.96. The van der Waals surface area contributed by atoms with E-state index < -0.39 is 17.7 Å². The number of alkyl halides is 3. The zero-order valence-corrected chi connectivity index (χ0v) is 17.0. The Morgan fingerprint density at radius 3 is 2.57 bits per heavy atom. The van der Waals surface area contributed by atoms with Crippen molar-refractivity contribution in [1.29, 1.82) is 0 Å². The van der Waals surface area contributed by atoms with E-state index in [9.17, 15) is 23.1 Å². The van der Waals surface area contributed by atoms with Gasteiger partial charge in [0.15, 0.2) is 5.76 Å². The fourth-order valence-electron chi connectivity index (χ4n) is 3.44. The van der Waals surface area contributed by atoms with Crippen LogP contribution >= 0.6 is 0 Å². The molecule has 3 rings (SSSR count). The second-order valence-corrected chi connectivity index (χ2v) is 6.88. The molecule has 0 saturated heterocycles. The lowest BCUT2D eigenvalue weighted by Gasteiger charge is -2.13. The van der Waals surface area contributed by atoms with Crippen LogP contribution in [0.4, 0.5) is 13.2 Å². The molecule has 0 spiro atoms. The first-order valence-corrected chi connectivity index (χ1v) is 9.29. The molecule has 1 N–H and O–H groups in total. The first kappa shape index (κ1) is 21.4. The van der Waals surface area contributed by atoms with Gasteiger partial charge in [-0.15, -0.1) is 0 Å². The number of hydrogen-bond acceptors (Lipinski definition) is 4. The van der Waals surface area contributed by atoms with Crippen molar-refractivity contribution in [2.75, 3.05) is 6.61 Å². The lowest BCUT2D eigenvalue weighted by Crippen LogP contribution is -2.13. The van der Waals surface area contributed by atoms with Crippen LogP contribution in [0.2, 0.25) is 0 Å². The van der Waals surface area contributed by atoms with E-state index in [1.807, 2.05) is 0 Å². The van der Waals surface area contributed by atoms with Crippen LogP contribution in [0.5, 0.6) is 0 Å². The predicted molar refractivity (Wildman–Crippen MR) is 108 cm³/mol. The molecule has 1 aliphatic rings. The Morgan fingerprint density at radius 2 is 1.93 bits per heavy atom. The largest absolute Gasteiger partial charge is 0.505 e. The summed E-state index contributed by atoms with van der Waals surface area (Å²) in [5.41, 5.74) is 2.23. The minimum Gasteiger partial charge on any atom is -0.505 e. The third kappa shape index (κ3) is 3.90. The van der Waals surface area contributed by atoms with E-state index in [-0.39, 0.29) is 23.6 Å². The standard InChI is InChI=1S/C22H21F3N2O3/c1-5-30-21(29)19-13(3)26-18(20(19)28)10-15-9-12(2)27(14(15)4)17-8-6-7-16(11-17)22(23,24)25/h6-11,28H,5H2,1-4H3/b18-10+. The van der Waals surface area contributed by atoms with Crippen molar-refractivity contribution in [3.8, 4) is 5.69 Å². The van der Waals surface area contributed by atoms with Crippen molar-refractivity contribution in [1.82, 2.24) is 4.57 Å². The maximum absolute atomic E-state index is 13.1. The molecule has 0 fully saturated rings. The lowest BCUT2D eigenvalue weighted by molar-refractivity contribution is -0.138. The summed E-state index contributed by atoms with van der Waals surface area (Å²) in [6.07, 6.45) is -2.84. The molecule has 2 heterocycles. The first-order valence-electron chi connectivity index (χ1n) is 9.29. The van der Waals surface area contributed by atoms with Crippen LogP contribution in [0.15, 0.2) is 52.4 Å². The monoisotopic (exact) mass is 418 g/mol. The molecule has 1 aromatic carbocycles. The molecule has 0 saturated carbocycles. The summed E-state index contributed by atoms with van der Waals surface area (Å²) in [4.78, 5) is 16.3. The van der Waals surface area contributed by atoms with Crippen molar-refractivity contribution >= 4 is 17.8 Å². The average Bonchev–Trinajstić information content (AvgIpc) is 3.09. The normalized spacial score (nSPS) is 15.7. The number of carbonyl (C=O) groups is 1. The first-order chi connectivity index (χ1) is 14.0. The van der Waals surface area contributed by atoms with E-state index in [1.54, 1.807) is 50.5 Å². The Hall–Kier alpha value is -3.29. The molecule has 8 heteroatoms. The summed E-state index contributed by atoms with van der Waals surface area (Å²) in [5, 5.41) is 10.5. The smallest absolute Gasteiger partial charge is 0.416 e. The van der Waals surface area contributed by atoms with Gasteiger partial charge in [-0.1, -0.05) is 6.07 Å². The van der Waals surface area contributed by atoms with Crippen molar-refractivity contribution in [3.63, 3.8) is 0 Å². The highest BCUT2D eigenvalue weighted by atomic mass is 19.4. The Labute approximate surface area is 171 Å². The fraction of sp³-hybridized carbons (Fsp3) is 0.273. The van der Waals surface area contributed by atoms with Crippen molar-refractivity contribution < 1.29 is 27.8 Å². The number of carbonyl (C=O) groups excluding carboxylic acids is 1. The number of aliphatic hydroxyl groups excluding tert-OH is 1. The zero-order valence-electron chi connectivity index (χ0n) is 17.0. The molecular weight excluding hydrogens is 397 g/mol. The highest BCUT2D eigenvalue weighted by Crippen LogP contribution is 2.32. The Kier molecular flexibility index (Phi) is 5.61. The van der Waals surface area contributed by atoms with Crippen LogP contribution in [-0.4, -0.2) is 28.0 Å². The molecule has 0 amide bonds. The van der Waals surface area contributed by atoms with E-state index in [1.165, 1.54) is 6.07 Å². The molecule has 0 atom stereocenters. The molecule has 2 aromatic rings. The molecule has 158 valence electrons. The second kappa shape index (κ2) is 7.85. The molecule has 0 unspecified atom stereocenters. The van der Waals surface area contributed by atoms with Crippen molar-refractivity contribution in [3.05, 3.63) is 69.9 Å². The third-order valence-corrected chi connectivity index (χ3v) is 4.80. The Bertz CT molecular complexity index is 1110. The lowest BCUT2D eigenvalue weighted by atomic mass is 10.1. The summed E-state index contributed by atoms with van der Waals surface area (Å²) in [7, 11) is 0. The molecular formula is C22H21F3N2O3. The molecule has 0 aliphatic carbocycles. The van der Waals surface area contributed by atoms with Gasteiger partial charge < -0.3 is 14.4 Å². The molecule has 1 aliphatic heterocycles. The molecule has 5 nitrogen and oxygen atoms in total. The number of rotatable bonds is 4. The van der Waals surface area contributed by atoms with Gasteiger partial charge >= 0.3 is 12.1 Å². The fourth-order valence-corrected chi connectivity index (χ4v) is 3.44. The number of aryl methyl sites for hydroxylation is 1. The Balaban J connectivity index is 2.05. The van der Waals surface area contributed by atoms with E-state index in [0.29, 0.717) is 28.4 Å².